The summed E-state index contributed by atoms with van der Waals surface area (Å²) in [5.41, 5.74) is 3.93. The molecule has 0 aliphatic carbocycles. The van der Waals surface area contributed by atoms with Crippen LogP contribution < -0.4 is 9.64 Å². The van der Waals surface area contributed by atoms with Crippen LogP contribution >= 0.6 is 0 Å². The Hall–Kier alpha value is -5.25. The van der Waals surface area contributed by atoms with Gasteiger partial charge in [0.1, 0.15) is 12.3 Å². The molecule has 2 aliphatic heterocycles. The number of aromatic nitrogens is 2. The van der Waals surface area contributed by atoms with Crippen molar-refractivity contribution in [3.63, 3.8) is 0 Å². The van der Waals surface area contributed by atoms with Gasteiger partial charge in [-0.1, -0.05) is 85.3 Å². The van der Waals surface area contributed by atoms with Gasteiger partial charge in [-0.2, -0.15) is 0 Å². The minimum Gasteiger partial charge on any atom is -0.496 e. The average Bonchev–Trinajstić information content (AvgIpc) is 3.46. The minimum atomic E-state index is -1.07. The third kappa shape index (κ3) is 8.48. The number of methoxy groups -OCH3 is 1. The van der Waals surface area contributed by atoms with Crippen molar-refractivity contribution in [1.82, 2.24) is 19.8 Å². The van der Waals surface area contributed by atoms with Crippen LogP contribution in [-0.4, -0.2) is 88.5 Å². The second-order valence-electron chi connectivity index (χ2n) is 13.2. The van der Waals surface area contributed by atoms with E-state index in [-0.39, 0.29) is 30.8 Å². The smallest absolute Gasteiger partial charge is 0.323 e. The molecule has 1 aromatic heterocycles. The fourth-order valence-corrected chi connectivity index (χ4v) is 7.26. The van der Waals surface area contributed by atoms with E-state index < -0.39 is 18.4 Å². The van der Waals surface area contributed by atoms with E-state index in [0.717, 1.165) is 42.5 Å². The minimum absolute atomic E-state index is 0.0291. The largest absolute Gasteiger partial charge is 0.496 e. The monoisotopic (exact) mass is 675 g/mol. The Morgan fingerprint density at radius 3 is 2.30 bits per heavy atom. The van der Waals surface area contributed by atoms with Gasteiger partial charge in [-0.15, -0.1) is 0 Å². The van der Waals surface area contributed by atoms with Crippen LogP contribution in [0.5, 0.6) is 5.75 Å². The van der Waals surface area contributed by atoms with E-state index in [4.69, 9.17) is 14.7 Å². The van der Waals surface area contributed by atoms with Crippen LogP contribution in [0.25, 0.3) is 0 Å². The average molecular weight is 676 g/mol. The molecule has 3 heterocycles. The molecule has 0 saturated carbocycles. The molecule has 6 rings (SSSR count). The Balaban J connectivity index is 1.24. The molecule has 0 unspecified atom stereocenters. The predicted molar refractivity (Wildman–Crippen MR) is 191 cm³/mol. The summed E-state index contributed by atoms with van der Waals surface area (Å²) >= 11 is 0. The fourth-order valence-electron chi connectivity index (χ4n) is 7.26. The normalized spacial score (nSPS) is 17.1. The Kier molecular flexibility index (Phi) is 11.4. The van der Waals surface area contributed by atoms with E-state index in [2.05, 4.69) is 9.80 Å². The number of hydrogen-bond donors (Lipinski definition) is 1. The highest BCUT2D eigenvalue weighted by Crippen LogP contribution is 2.33. The zero-order chi connectivity index (χ0) is 34.9. The highest BCUT2D eigenvalue weighted by Gasteiger charge is 2.41. The number of ether oxygens (including phenoxy) is 1. The molecule has 2 atom stereocenters. The van der Waals surface area contributed by atoms with E-state index in [9.17, 15) is 19.5 Å². The SMILES string of the molecule is COc1ccccc1CC(=O)N1CCCC[C@@H]2CN(c3ncc(C(=O)N(CCc4ccccc4)CC(=O)O)c(CCc4ccccc4)n3)C[C@@H]21. The van der Waals surface area contributed by atoms with Crippen molar-refractivity contribution in [3.05, 3.63) is 119 Å². The van der Waals surface area contributed by atoms with Crippen LogP contribution in [0.2, 0.25) is 0 Å². The van der Waals surface area contributed by atoms with Crippen molar-refractivity contribution < 1.29 is 24.2 Å². The van der Waals surface area contributed by atoms with Crippen LogP contribution in [0.15, 0.2) is 91.1 Å². The zero-order valence-corrected chi connectivity index (χ0v) is 28.6. The second kappa shape index (κ2) is 16.4. The number of amides is 2. The first kappa shape index (κ1) is 34.6. The molecule has 0 radical (unpaired) electrons. The van der Waals surface area contributed by atoms with Gasteiger partial charge in [-0.3, -0.25) is 14.4 Å². The molecule has 3 aromatic carbocycles. The molecular weight excluding hydrogens is 630 g/mol. The molecule has 1 N–H and O–H groups in total. The summed E-state index contributed by atoms with van der Waals surface area (Å²) in [6.07, 6.45) is 6.57. The number of carboxylic acids is 1. The number of para-hydroxylation sites is 1. The van der Waals surface area contributed by atoms with Crippen LogP contribution in [0.1, 0.15) is 52.0 Å². The van der Waals surface area contributed by atoms with Crippen molar-refractivity contribution in [2.45, 2.75) is 51.0 Å². The standard InChI is InChI=1S/C40H45N5O5/c1-50-36-18-9-8-16-31(36)24-37(46)45-22-11-10-17-32-26-44(27-35(32)45)40-41-25-33(34(42-40)20-19-29-12-4-2-5-13-29)39(49)43(28-38(47)48)23-21-30-14-6-3-7-15-30/h2-9,12-16,18,25,32,35H,10-11,17,19-24,26-28H2,1H3,(H,47,48)/t32-,35+/m1/s1. The number of hydrogen-bond acceptors (Lipinski definition) is 7. The van der Waals surface area contributed by atoms with E-state index in [1.54, 1.807) is 13.3 Å². The number of benzene rings is 3. The summed E-state index contributed by atoms with van der Waals surface area (Å²) in [4.78, 5) is 55.0. The molecule has 260 valence electrons. The third-order valence-corrected chi connectivity index (χ3v) is 9.87. The number of likely N-dealkylation sites (tertiary alicyclic amines) is 1. The maximum Gasteiger partial charge on any atom is 0.323 e. The van der Waals surface area contributed by atoms with Gasteiger partial charge in [0, 0.05) is 37.9 Å². The number of rotatable bonds is 13. The van der Waals surface area contributed by atoms with Crippen LogP contribution in [-0.2, 0) is 35.3 Å². The molecule has 10 heteroatoms. The first-order valence-electron chi connectivity index (χ1n) is 17.5. The molecule has 0 spiro atoms. The summed E-state index contributed by atoms with van der Waals surface area (Å²) in [5, 5.41) is 9.71. The number of anilines is 1. The van der Waals surface area contributed by atoms with E-state index >= 15 is 0 Å². The molecule has 4 aromatic rings. The second-order valence-corrected chi connectivity index (χ2v) is 13.2. The number of fused-ring (bicyclic) bond motifs is 1. The van der Waals surface area contributed by atoms with Crippen molar-refractivity contribution in [3.8, 4) is 5.75 Å². The molecule has 0 bridgehead atoms. The quantitative estimate of drug-likeness (QED) is 0.208. The molecule has 50 heavy (non-hydrogen) atoms. The summed E-state index contributed by atoms with van der Waals surface area (Å²) in [6.45, 7) is 1.87. The lowest BCUT2D eigenvalue weighted by Gasteiger charge is -2.30. The van der Waals surface area contributed by atoms with Crippen LogP contribution in [0.3, 0.4) is 0 Å². The molecule has 2 amide bonds. The first-order valence-corrected chi connectivity index (χ1v) is 17.5. The first-order chi connectivity index (χ1) is 24.4. The maximum atomic E-state index is 14.0. The summed E-state index contributed by atoms with van der Waals surface area (Å²) in [6, 6.07) is 27.5. The maximum absolute atomic E-state index is 14.0. The third-order valence-electron chi connectivity index (χ3n) is 9.87. The van der Waals surface area contributed by atoms with Crippen molar-refractivity contribution in [2.75, 3.05) is 44.7 Å². The highest BCUT2D eigenvalue weighted by molar-refractivity contribution is 5.96. The predicted octanol–water partition coefficient (Wildman–Crippen LogP) is 5.10. The Morgan fingerprint density at radius 2 is 1.58 bits per heavy atom. The summed E-state index contributed by atoms with van der Waals surface area (Å²) < 4.78 is 5.52. The fraction of sp³-hybridized carbons (Fsp3) is 0.375. The van der Waals surface area contributed by atoms with E-state index in [1.165, 1.54) is 4.90 Å². The zero-order valence-electron chi connectivity index (χ0n) is 28.6. The van der Waals surface area contributed by atoms with Gasteiger partial charge in [0.2, 0.25) is 11.9 Å². The Morgan fingerprint density at radius 1 is 0.880 bits per heavy atom. The van der Waals surface area contributed by atoms with Gasteiger partial charge in [0.25, 0.3) is 5.91 Å². The number of carbonyl (C=O) groups excluding carboxylic acids is 2. The lowest BCUT2D eigenvalue weighted by atomic mass is 9.98. The van der Waals surface area contributed by atoms with E-state index in [1.807, 2.05) is 84.9 Å². The lowest BCUT2D eigenvalue weighted by molar-refractivity contribution is -0.137. The highest BCUT2D eigenvalue weighted by atomic mass is 16.5. The van der Waals surface area contributed by atoms with E-state index in [0.29, 0.717) is 55.3 Å². The molecule has 2 aliphatic rings. The molecular formula is C40H45N5O5. The summed E-state index contributed by atoms with van der Waals surface area (Å²) in [7, 11) is 1.63. The lowest BCUT2D eigenvalue weighted by Crippen LogP contribution is -2.45. The van der Waals surface area contributed by atoms with Gasteiger partial charge >= 0.3 is 5.97 Å². The number of carbonyl (C=O) groups is 3. The van der Waals surface area contributed by atoms with Gasteiger partial charge in [-0.05, 0) is 55.2 Å². The van der Waals surface area contributed by atoms with Gasteiger partial charge in [-0.25, -0.2) is 9.97 Å². The van der Waals surface area contributed by atoms with Crippen molar-refractivity contribution >= 4 is 23.7 Å². The van der Waals surface area contributed by atoms with Gasteiger partial charge in [0.15, 0.2) is 0 Å². The Labute approximate surface area is 293 Å². The van der Waals surface area contributed by atoms with Gasteiger partial charge in [0.05, 0.1) is 30.8 Å². The van der Waals surface area contributed by atoms with Crippen LogP contribution in [0.4, 0.5) is 5.95 Å². The molecule has 2 saturated heterocycles. The number of carboxylic acid groups (broad SMARTS) is 1. The number of aryl methyl sites for hydroxylation is 2. The number of nitrogens with zero attached hydrogens (tertiary/aromatic N) is 5. The Bertz CT molecular complexity index is 1770. The molecule has 10 nitrogen and oxygen atoms in total. The van der Waals surface area contributed by atoms with Crippen LogP contribution in [0, 0.1) is 5.92 Å². The topological polar surface area (TPSA) is 116 Å². The molecule has 2 fully saturated rings. The number of aliphatic carboxylic acids is 1. The van der Waals surface area contributed by atoms with Gasteiger partial charge < -0.3 is 24.5 Å². The summed E-state index contributed by atoms with van der Waals surface area (Å²) in [5.74, 6) is 0.151. The van der Waals surface area contributed by atoms with Crippen molar-refractivity contribution in [2.24, 2.45) is 5.92 Å². The van der Waals surface area contributed by atoms with Crippen molar-refractivity contribution in [1.29, 1.82) is 0 Å².